The predicted molar refractivity (Wildman–Crippen MR) is 78.7 cm³/mol. The standard InChI is InChI=1S/C15H12ClNO4/c16-12-5-11(15(20)21)6-13(7-12)17-14(19)10-3-1-9(8-18)2-4-10/h1-7,18H,8H2,(H,17,19)(H,20,21). The number of halogens is 1. The van der Waals surface area contributed by atoms with Gasteiger partial charge in [0.25, 0.3) is 5.91 Å². The van der Waals surface area contributed by atoms with Crippen molar-refractivity contribution in [2.75, 3.05) is 5.32 Å². The summed E-state index contributed by atoms with van der Waals surface area (Å²) in [4.78, 5) is 23.0. The molecule has 2 aromatic carbocycles. The average molecular weight is 306 g/mol. The van der Waals surface area contributed by atoms with Gasteiger partial charge in [0.15, 0.2) is 0 Å². The van der Waals surface area contributed by atoms with Gasteiger partial charge in [-0.2, -0.15) is 0 Å². The lowest BCUT2D eigenvalue weighted by Crippen LogP contribution is -2.12. The highest BCUT2D eigenvalue weighted by Gasteiger charge is 2.10. The molecule has 6 heteroatoms. The fourth-order valence-electron chi connectivity index (χ4n) is 1.75. The molecule has 3 N–H and O–H groups in total. The Morgan fingerprint density at radius 3 is 2.29 bits per heavy atom. The van der Waals surface area contributed by atoms with Gasteiger partial charge in [0.1, 0.15) is 0 Å². The first-order valence-electron chi connectivity index (χ1n) is 6.04. The average Bonchev–Trinajstić information content (AvgIpc) is 2.46. The first kappa shape index (κ1) is 15.0. The SMILES string of the molecule is O=C(O)c1cc(Cl)cc(NC(=O)c2ccc(CO)cc2)c1. The Bertz CT molecular complexity index is 683. The lowest BCUT2D eigenvalue weighted by molar-refractivity contribution is 0.0696. The van der Waals surface area contributed by atoms with Gasteiger partial charge in [0.2, 0.25) is 0 Å². The minimum atomic E-state index is -1.12. The minimum Gasteiger partial charge on any atom is -0.478 e. The molecule has 0 fully saturated rings. The first-order chi connectivity index (χ1) is 9.99. The second kappa shape index (κ2) is 6.39. The van der Waals surface area contributed by atoms with Gasteiger partial charge in [-0.15, -0.1) is 0 Å². The van der Waals surface area contributed by atoms with Crippen LogP contribution in [0, 0.1) is 0 Å². The van der Waals surface area contributed by atoms with Gasteiger partial charge >= 0.3 is 5.97 Å². The predicted octanol–water partition coefficient (Wildman–Crippen LogP) is 2.78. The number of hydrogen-bond acceptors (Lipinski definition) is 3. The van der Waals surface area contributed by atoms with Crippen molar-refractivity contribution in [3.8, 4) is 0 Å². The van der Waals surface area contributed by atoms with Crippen LogP contribution in [-0.4, -0.2) is 22.1 Å². The molecule has 0 aliphatic rings. The molecule has 2 aromatic rings. The molecule has 0 aliphatic carbocycles. The summed E-state index contributed by atoms with van der Waals surface area (Å²) in [5.41, 5.74) is 1.39. The van der Waals surface area contributed by atoms with E-state index in [0.29, 0.717) is 16.8 Å². The quantitative estimate of drug-likeness (QED) is 0.810. The van der Waals surface area contributed by atoms with Crippen molar-refractivity contribution >= 4 is 29.2 Å². The number of aromatic carboxylic acids is 1. The number of carboxylic acids is 1. The molecule has 2 rings (SSSR count). The fraction of sp³-hybridized carbons (Fsp3) is 0.0667. The van der Waals surface area contributed by atoms with Crippen molar-refractivity contribution in [3.63, 3.8) is 0 Å². The van der Waals surface area contributed by atoms with Crippen molar-refractivity contribution in [2.24, 2.45) is 0 Å². The maximum absolute atomic E-state index is 12.0. The third kappa shape index (κ3) is 3.81. The van der Waals surface area contributed by atoms with E-state index in [1.165, 1.54) is 18.2 Å². The van der Waals surface area contributed by atoms with Crippen molar-refractivity contribution in [3.05, 3.63) is 64.2 Å². The van der Waals surface area contributed by atoms with Crippen molar-refractivity contribution in [2.45, 2.75) is 6.61 Å². The number of benzene rings is 2. The molecule has 0 aliphatic heterocycles. The number of nitrogens with one attached hydrogen (secondary N) is 1. The van der Waals surface area contributed by atoms with Crippen LogP contribution in [0.1, 0.15) is 26.3 Å². The molecule has 0 heterocycles. The van der Waals surface area contributed by atoms with Crippen LogP contribution in [0.15, 0.2) is 42.5 Å². The molecule has 0 saturated carbocycles. The molecule has 0 aromatic heterocycles. The Balaban J connectivity index is 2.20. The Kier molecular flexibility index (Phi) is 4.57. The molecule has 0 bridgehead atoms. The highest BCUT2D eigenvalue weighted by atomic mass is 35.5. The number of carbonyl (C=O) groups is 2. The topological polar surface area (TPSA) is 86.6 Å². The number of carbonyl (C=O) groups excluding carboxylic acids is 1. The van der Waals surface area contributed by atoms with Crippen LogP contribution in [0.4, 0.5) is 5.69 Å². The van der Waals surface area contributed by atoms with Crippen LogP contribution in [0.5, 0.6) is 0 Å². The molecular weight excluding hydrogens is 294 g/mol. The number of carboxylic acid groups (broad SMARTS) is 1. The highest BCUT2D eigenvalue weighted by Crippen LogP contribution is 2.20. The number of hydrogen-bond donors (Lipinski definition) is 3. The van der Waals surface area contributed by atoms with Crippen molar-refractivity contribution in [1.29, 1.82) is 0 Å². The van der Waals surface area contributed by atoms with Crippen LogP contribution in [0.3, 0.4) is 0 Å². The van der Waals surface area contributed by atoms with Crippen LogP contribution in [-0.2, 0) is 6.61 Å². The monoisotopic (exact) mass is 305 g/mol. The van der Waals surface area contributed by atoms with Crippen LogP contribution in [0.25, 0.3) is 0 Å². The summed E-state index contributed by atoms with van der Waals surface area (Å²) in [6.45, 7) is -0.0990. The molecule has 21 heavy (non-hydrogen) atoms. The molecule has 0 saturated heterocycles. The van der Waals surface area contributed by atoms with Crippen LogP contribution < -0.4 is 5.32 Å². The fourth-order valence-corrected chi connectivity index (χ4v) is 1.99. The minimum absolute atomic E-state index is 0.00608. The smallest absolute Gasteiger partial charge is 0.335 e. The molecule has 0 atom stereocenters. The Hall–Kier alpha value is -2.37. The van der Waals surface area contributed by atoms with Crippen molar-refractivity contribution < 1.29 is 19.8 Å². The first-order valence-corrected chi connectivity index (χ1v) is 6.42. The van der Waals surface area contributed by atoms with E-state index in [9.17, 15) is 9.59 Å². The number of anilines is 1. The third-order valence-electron chi connectivity index (χ3n) is 2.80. The maximum atomic E-state index is 12.0. The van der Waals surface area contributed by atoms with E-state index in [4.69, 9.17) is 21.8 Å². The zero-order valence-electron chi connectivity index (χ0n) is 10.8. The zero-order valence-corrected chi connectivity index (χ0v) is 11.6. The summed E-state index contributed by atoms with van der Waals surface area (Å²) in [5, 5.41) is 20.7. The van der Waals surface area contributed by atoms with Gasteiger partial charge < -0.3 is 15.5 Å². The molecule has 108 valence electrons. The molecule has 1 amide bonds. The van der Waals surface area contributed by atoms with E-state index in [1.807, 2.05) is 0 Å². The Labute approximate surface area is 125 Å². The summed E-state index contributed by atoms with van der Waals surface area (Å²) in [6, 6.07) is 10.5. The number of aliphatic hydroxyl groups excluding tert-OH is 1. The van der Waals surface area contributed by atoms with Crippen LogP contribution in [0.2, 0.25) is 5.02 Å². The Morgan fingerprint density at radius 2 is 1.71 bits per heavy atom. The molecular formula is C15H12ClNO4. The lowest BCUT2D eigenvalue weighted by atomic mass is 10.1. The normalized spacial score (nSPS) is 10.2. The molecule has 0 radical (unpaired) electrons. The largest absolute Gasteiger partial charge is 0.478 e. The van der Waals surface area contributed by atoms with Gasteiger partial charge in [-0.05, 0) is 35.9 Å². The van der Waals surface area contributed by atoms with E-state index in [1.54, 1.807) is 24.3 Å². The summed E-state index contributed by atoms with van der Waals surface area (Å²) in [6.07, 6.45) is 0. The number of rotatable bonds is 4. The highest BCUT2D eigenvalue weighted by molar-refractivity contribution is 6.31. The summed E-state index contributed by atoms with van der Waals surface area (Å²) < 4.78 is 0. The number of aliphatic hydroxyl groups is 1. The number of amides is 1. The van der Waals surface area contributed by atoms with E-state index < -0.39 is 11.9 Å². The van der Waals surface area contributed by atoms with Gasteiger partial charge in [-0.3, -0.25) is 4.79 Å². The lowest BCUT2D eigenvalue weighted by Gasteiger charge is -2.07. The van der Waals surface area contributed by atoms with Crippen molar-refractivity contribution in [1.82, 2.24) is 0 Å². The zero-order chi connectivity index (χ0) is 15.4. The second-order valence-corrected chi connectivity index (χ2v) is 4.78. The summed E-state index contributed by atoms with van der Waals surface area (Å²) in [5.74, 6) is -1.52. The maximum Gasteiger partial charge on any atom is 0.335 e. The van der Waals surface area contributed by atoms with Crippen LogP contribution >= 0.6 is 11.6 Å². The van der Waals surface area contributed by atoms with Gasteiger partial charge in [-0.25, -0.2) is 4.79 Å². The van der Waals surface area contributed by atoms with E-state index in [-0.39, 0.29) is 17.2 Å². The molecule has 0 spiro atoms. The van der Waals surface area contributed by atoms with E-state index >= 15 is 0 Å². The summed E-state index contributed by atoms with van der Waals surface area (Å²) >= 11 is 5.82. The van der Waals surface area contributed by atoms with E-state index in [0.717, 1.165) is 0 Å². The van der Waals surface area contributed by atoms with Gasteiger partial charge in [0, 0.05) is 16.3 Å². The molecule has 0 unspecified atom stereocenters. The van der Waals surface area contributed by atoms with E-state index in [2.05, 4.69) is 5.32 Å². The van der Waals surface area contributed by atoms with Gasteiger partial charge in [-0.1, -0.05) is 23.7 Å². The Morgan fingerprint density at radius 1 is 1.05 bits per heavy atom. The molecule has 5 nitrogen and oxygen atoms in total. The summed E-state index contributed by atoms with van der Waals surface area (Å²) in [7, 11) is 0. The third-order valence-corrected chi connectivity index (χ3v) is 3.02. The second-order valence-electron chi connectivity index (χ2n) is 4.34. The van der Waals surface area contributed by atoms with Gasteiger partial charge in [0.05, 0.1) is 12.2 Å².